The molecule has 134 valence electrons. The van der Waals surface area contributed by atoms with E-state index in [0.717, 1.165) is 32.7 Å². The van der Waals surface area contributed by atoms with Crippen molar-refractivity contribution in [2.24, 2.45) is 0 Å². The Bertz CT molecular complexity index is 918. The van der Waals surface area contributed by atoms with Crippen LogP contribution >= 0.6 is 15.9 Å². The fraction of sp³-hybridized carbons (Fsp3) is 0.238. The van der Waals surface area contributed by atoms with E-state index in [0.29, 0.717) is 6.42 Å². The molecule has 1 aromatic heterocycles. The number of rotatable bonds is 5. The van der Waals surface area contributed by atoms with Gasteiger partial charge in [0.2, 0.25) is 5.91 Å². The normalized spacial score (nSPS) is 12.0. The van der Waals surface area contributed by atoms with Crippen LogP contribution in [0.1, 0.15) is 35.5 Å². The standard InChI is InChI=1S/C21H22BrN3O/c1-14(18-11-7-8-12-20(18)22)23-21(26)13-19-15(2)24-25(16(19)3)17-9-5-4-6-10-17/h4-12,14H,13H2,1-3H3,(H,23,26)/t14-/m1/s1. The first-order chi connectivity index (χ1) is 12.5. The second-order valence-corrected chi connectivity index (χ2v) is 7.24. The van der Waals surface area contributed by atoms with Crippen molar-refractivity contribution in [3.05, 3.63) is 81.6 Å². The highest BCUT2D eigenvalue weighted by molar-refractivity contribution is 9.10. The summed E-state index contributed by atoms with van der Waals surface area (Å²) in [5, 5.41) is 7.70. The van der Waals surface area contributed by atoms with Crippen molar-refractivity contribution in [1.82, 2.24) is 15.1 Å². The molecule has 0 unspecified atom stereocenters. The van der Waals surface area contributed by atoms with Crippen LogP contribution in [0.5, 0.6) is 0 Å². The fourth-order valence-electron chi connectivity index (χ4n) is 3.11. The lowest BCUT2D eigenvalue weighted by atomic mass is 10.1. The molecular weight excluding hydrogens is 390 g/mol. The summed E-state index contributed by atoms with van der Waals surface area (Å²) in [5.41, 5.74) is 4.92. The quantitative estimate of drug-likeness (QED) is 0.662. The van der Waals surface area contributed by atoms with E-state index in [9.17, 15) is 4.79 Å². The Labute approximate surface area is 162 Å². The summed E-state index contributed by atoms with van der Waals surface area (Å²) in [6.45, 7) is 5.95. The monoisotopic (exact) mass is 411 g/mol. The highest BCUT2D eigenvalue weighted by Gasteiger charge is 2.18. The molecule has 26 heavy (non-hydrogen) atoms. The third kappa shape index (κ3) is 3.88. The van der Waals surface area contributed by atoms with Crippen molar-refractivity contribution in [3.8, 4) is 5.69 Å². The molecule has 4 nitrogen and oxygen atoms in total. The lowest BCUT2D eigenvalue weighted by Gasteiger charge is -2.16. The van der Waals surface area contributed by atoms with Gasteiger partial charge >= 0.3 is 0 Å². The zero-order valence-electron chi connectivity index (χ0n) is 15.2. The Morgan fingerprint density at radius 1 is 1.12 bits per heavy atom. The number of nitrogens with zero attached hydrogens (tertiary/aromatic N) is 2. The van der Waals surface area contributed by atoms with E-state index < -0.39 is 0 Å². The molecule has 3 rings (SSSR count). The van der Waals surface area contributed by atoms with E-state index in [1.807, 2.05) is 80.1 Å². The number of nitrogens with one attached hydrogen (secondary N) is 1. The number of hydrogen-bond donors (Lipinski definition) is 1. The van der Waals surface area contributed by atoms with Gasteiger partial charge in [0.15, 0.2) is 0 Å². The molecule has 3 aromatic rings. The molecule has 0 saturated carbocycles. The van der Waals surface area contributed by atoms with Crippen LogP contribution in [0.15, 0.2) is 59.1 Å². The minimum atomic E-state index is -0.0668. The summed E-state index contributed by atoms with van der Waals surface area (Å²) in [5.74, 6) is -0.00735. The van der Waals surface area contributed by atoms with Gasteiger partial charge in [0.1, 0.15) is 0 Å². The molecule has 1 heterocycles. The zero-order valence-corrected chi connectivity index (χ0v) is 16.7. The predicted molar refractivity (Wildman–Crippen MR) is 107 cm³/mol. The first kappa shape index (κ1) is 18.4. The largest absolute Gasteiger partial charge is 0.349 e. The van der Waals surface area contributed by atoms with Gasteiger partial charge in [0.05, 0.1) is 23.8 Å². The summed E-state index contributed by atoms with van der Waals surface area (Å²) >= 11 is 3.54. The van der Waals surface area contributed by atoms with Crippen LogP contribution in [0.3, 0.4) is 0 Å². The van der Waals surface area contributed by atoms with Crippen LogP contribution in [0.4, 0.5) is 0 Å². The topological polar surface area (TPSA) is 46.9 Å². The van der Waals surface area contributed by atoms with Crippen LogP contribution in [-0.2, 0) is 11.2 Å². The van der Waals surface area contributed by atoms with Gasteiger partial charge in [-0.3, -0.25) is 4.79 Å². The summed E-state index contributed by atoms with van der Waals surface area (Å²) < 4.78 is 2.90. The maximum absolute atomic E-state index is 12.6. The number of carbonyl (C=O) groups is 1. The van der Waals surface area contributed by atoms with Gasteiger partial charge in [0, 0.05) is 15.7 Å². The number of carbonyl (C=O) groups excluding carboxylic acids is 1. The molecule has 1 amide bonds. The second kappa shape index (κ2) is 7.87. The van der Waals surface area contributed by atoms with Crippen molar-refractivity contribution in [2.45, 2.75) is 33.2 Å². The van der Waals surface area contributed by atoms with Crippen molar-refractivity contribution >= 4 is 21.8 Å². The molecule has 5 heteroatoms. The average Bonchev–Trinajstić information content (AvgIpc) is 2.91. The Balaban J connectivity index is 1.76. The molecule has 1 N–H and O–H groups in total. The second-order valence-electron chi connectivity index (χ2n) is 6.38. The average molecular weight is 412 g/mol. The SMILES string of the molecule is Cc1nn(-c2ccccc2)c(C)c1CC(=O)N[C@H](C)c1ccccc1Br. The molecule has 0 aliphatic carbocycles. The van der Waals surface area contributed by atoms with E-state index >= 15 is 0 Å². The molecule has 2 aromatic carbocycles. The number of hydrogen-bond acceptors (Lipinski definition) is 2. The molecule has 0 aliphatic rings. The fourth-order valence-corrected chi connectivity index (χ4v) is 3.74. The molecule has 0 aliphatic heterocycles. The Morgan fingerprint density at radius 3 is 2.46 bits per heavy atom. The predicted octanol–water partition coefficient (Wildman–Crippen LogP) is 4.67. The number of benzene rings is 2. The van der Waals surface area contributed by atoms with Crippen molar-refractivity contribution in [2.75, 3.05) is 0 Å². The van der Waals surface area contributed by atoms with Gasteiger partial charge < -0.3 is 5.32 Å². The summed E-state index contributed by atoms with van der Waals surface area (Å²) in [6.07, 6.45) is 0.319. The van der Waals surface area contributed by atoms with Crippen LogP contribution in [0.25, 0.3) is 5.69 Å². The zero-order chi connectivity index (χ0) is 18.7. The molecule has 0 fully saturated rings. The number of aromatic nitrogens is 2. The maximum atomic E-state index is 12.6. The third-order valence-electron chi connectivity index (χ3n) is 4.53. The molecule has 0 radical (unpaired) electrons. The Kier molecular flexibility index (Phi) is 5.57. The third-order valence-corrected chi connectivity index (χ3v) is 5.25. The molecule has 0 saturated heterocycles. The van der Waals surface area contributed by atoms with Crippen LogP contribution in [0.2, 0.25) is 0 Å². The number of halogens is 1. The van der Waals surface area contributed by atoms with E-state index in [4.69, 9.17) is 0 Å². The van der Waals surface area contributed by atoms with Crippen molar-refractivity contribution in [1.29, 1.82) is 0 Å². The maximum Gasteiger partial charge on any atom is 0.225 e. The lowest BCUT2D eigenvalue weighted by molar-refractivity contribution is -0.121. The van der Waals surface area contributed by atoms with Crippen LogP contribution in [0, 0.1) is 13.8 Å². The number of para-hydroxylation sites is 1. The Morgan fingerprint density at radius 2 is 1.77 bits per heavy atom. The minimum absolute atomic E-state index is 0.00735. The first-order valence-electron chi connectivity index (χ1n) is 8.61. The van der Waals surface area contributed by atoms with E-state index in [1.54, 1.807) is 0 Å². The molecular formula is C21H22BrN3O. The molecule has 0 spiro atoms. The molecule has 1 atom stereocenters. The Hall–Kier alpha value is -2.40. The van der Waals surface area contributed by atoms with Gasteiger partial charge in [-0.05, 0) is 44.5 Å². The summed E-state index contributed by atoms with van der Waals surface area (Å²) in [4.78, 5) is 12.6. The van der Waals surface area contributed by atoms with E-state index in [1.165, 1.54) is 0 Å². The van der Waals surface area contributed by atoms with Gasteiger partial charge in [-0.2, -0.15) is 5.10 Å². The van der Waals surface area contributed by atoms with Gasteiger partial charge in [-0.25, -0.2) is 4.68 Å². The van der Waals surface area contributed by atoms with Crippen molar-refractivity contribution in [3.63, 3.8) is 0 Å². The van der Waals surface area contributed by atoms with Gasteiger partial charge in [0.25, 0.3) is 0 Å². The minimum Gasteiger partial charge on any atom is -0.349 e. The highest BCUT2D eigenvalue weighted by atomic mass is 79.9. The number of aryl methyl sites for hydroxylation is 1. The van der Waals surface area contributed by atoms with Gasteiger partial charge in [-0.15, -0.1) is 0 Å². The molecule has 0 bridgehead atoms. The van der Waals surface area contributed by atoms with Gasteiger partial charge in [-0.1, -0.05) is 52.3 Å². The van der Waals surface area contributed by atoms with E-state index in [-0.39, 0.29) is 11.9 Å². The van der Waals surface area contributed by atoms with Crippen molar-refractivity contribution < 1.29 is 4.79 Å². The van der Waals surface area contributed by atoms with E-state index in [2.05, 4.69) is 26.3 Å². The lowest BCUT2D eigenvalue weighted by Crippen LogP contribution is -2.28. The smallest absolute Gasteiger partial charge is 0.225 e. The summed E-state index contributed by atoms with van der Waals surface area (Å²) in [6, 6.07) is 17.8. The van der Waals surface area contributed by atoms with Crippen LogP contribution < -0.4 is 5.32 Å². The van der Waals surface area contributed by atoms with Crippen LogP contribution in [-0.4, -0.2) is 15.7 Å². The first-order valence-corrected chi connectivity index (χ1v) is 9.41. The number of amides is 1. The highest BCUT2D eigenvalue weighted by Crippen LogP contribution is 2.23. The summed E-state index contributed by atoms with van der Waals surface area (Å²) in [7, 11) is 0.